The van der Waals surface area contributed by atoms with Gasteiger partial charge in [-0.1, -0.05) is 78.9 Å². The minimum absolute atomic E-state index is 0.0891. The van der Waals surface area contributed by atoms with E-state index in [0.717, 1.165) is 11.1 Å². The molecule has 0 aliphatic rings. The molecule has 1 aromatic heterocycles. The van der Waals surface area contributed by atoms with Gasteiger partial charge in [-0.3, -0.25) is 4.79 Å². The molecule has 0 saturated heterocycles. The fourth-order valence-corrected chi connectivity index (χ4v) is 4.58. The van der Waals surface area contributed by atoms with Crippen LogP contribution in [-0.2, 0) is 15.6 Å². The van der Waals surface area contributed by atoms with Crippen molar-refractivity contribution in [1.29, 1.82) is 0 Å². The van der Waals surface area contributed by atoms with Gasteiger partial charge in [-0.2, -0.15) is 5.10 Å². The summed E-state index contributed by atoms with van der Waals surface area (Å²) in [5.41, 5.74) is 5.00. The molecule has 0 saturated carbocycles. The van der Waals surface area contributed by atoms with E-state index in [9.17, 15) is 13.2 Å². The number of rotatable bonds is 7. The van der Waals surface area contributed by atoms with Crippen molar-refractivity contribution in [3.8, 4) is 0 Å². The molecule has 0 unspecified atom stereocenters. The van der Waals surface area contributed by atoms with Crippen LogP contribution in [0.3, 0.4) is 0 Å². The summed E-state index contributed by atoms with van der Waals surface area (Å²) >= 11 is 0. The Kier molecular flexibility index (Phi) is 6.28. The third-order valence-electron chi connectivity index (χ3n) is 4.76. The average Bonchev–Trinajstić information content (AvgIpc) is 3.28. The van der Waals surface area contributed by atoms with Crippen molar-refractivity contribution in [3.63, 3.8) is 0 Å². The van der Waals surface area contributed by atoms with Crippen molar-refractivity contribution in [3.05, 3.63) is 126 Å². The monoisotopic (exact) mass is 444 g/mol. The summed E-state index contributed by atoms with van der Waals surface area (Å²) in [6, 6.07) is 28.5. The fraction of sp³-hybridized carbons (Fsp3) is 0.0400. The molecule has 1 N–H and O–H groups in total. The van der Waals surface area contributed by atoms with E-state index in [1.807, 2.05) is 60.7 Å². The number of amides is 1. The lowest BCUT2D eigenvalue weighted by Gasteiger charge is -2.08. The largest absolute Gasteiger partial charge is 0.459 e. The molecule has 4 rings (SSSR count). The average molecular weight is 445 g/mol. The van der Waals surface area contributed by atoms with Gasteiger partial charge in [0.25, 0.3) is 0 Å². The summed E-state index contributed by atoms with van der Waals surface area (Å²) < 4.78 is 30.7. The predicted octanol–water partition coefficient (Wildman–Crippen LogP) is 4.44. The molecule has 0 aliphatic carbocycles. The lowest BCUT2D eigenvalue weighted by atomic mass is 10.0. The van der Waals surface area contributed by atoms with Crippen LogP contribution in [0, 0.1) is 0 Å². The zero-order chi connectivity index (χ0) is 22.4. The quantitative estimate of drug-likeness (QED) is 0.337. The molecule has 0 radical (unpaired) electrons. The molecule has 4 aromatic rings. The van der Waals surface area contributed by atoms with Gasteiger partial charge in [-0.05, 0) is 18.2 Å². The van der Waals surface area contributed by atoms with Crippen LogP contribution < -0.4 is 5.43 Å². The van der Waals surface area contributed by atoms with E-state index >= 15 is 0 Å². The van der Waals surface area contributed by atoms with Gasteiger partial charge in [0.05, 0.1) is 22.6 Å². The van der Waals surface area contributed by atoms with E-state index in [0.29, 0.717) is 5.71 Å². The van der Waals surface area contributed by atoms with Crippen LogP contribution in [0.25, 0.3) is 0 Å². The maximum atomic E-state index is 12.8. The minimum atomic E-state index is -3.63. The second-order valence-corrected chi connectivity index (χ2v) is 8.97. The lowest BCUT2D eigenvalue weighted by Crippen LogP contribution is -2.21. The number of benzene rings is 3. The Labute approximate surface area is 186 Å². The number of hydrazone groups is 1. The first-order valence-corrected chi connectivity index (χ1v) is 11.5. The third-order valence-corrected chi connectivity index (χ3v) is 6.45. The number of hydrogen-bond acceptors (Lipinski definition) is 5. The fourth-order valence-electron chi connectivity index (χ4n) is 3.21. The first-order valence-electron chi connectivity index (χ1n) is 9.87. The van der Waals surface area contributed by atoms with Gasteiger partial charge in [-0.15, -0.1) is 0 Å². The van der Waals surface area contributed by atoms with Crippen LogP contribution in [-0.4, -0.2) is 20.0 Å². The van der Waals surface area contributed by atoms with Crippen LogP contribution in [0.5, 0.6) is 0 Å². The van der Waals surface area contributed by atoms with Crippen LogP contribution in [0.1, 0.15) is 27.2 Å². The van der Waals surface area contributed by atoms with E-state index < -0.39 is 15.7 Å². The van der Waals surface area contributed by atoms with Crippen molar-refractivity contribution in [2.45, 2.75) is 10.6 Å². The first-order chi connectivity index (χ1) is 15.5. The molecular weight excluding hydrogens is 424 g/mol. The van der Waals surface area contributed by atoms with Crippen molar-refractivity contribution >= 4 is 21.5 Å². The second-order valence-electron chi connectivity index (χ2n) is 6.98. The predicted molar refractivity (Wildman–Crippen MR) is 122 cm³/mol. The van der Waals surface area contributed by atoms with Crippen LogP contribution in [0.4, 0.5) is 0 Å². The summed E-state index contributed by atoms with van der Waals surface area (Å²) in [4.78, 5) is 13.0. The molecule has 6 nitrogen and oxygen atoms in total. The summed E-state index contributed by atoms with van der Waals surface area (Å²) in [5.74, 6) is -1.07. The van der Waals surface area contributed by atoms with Crippen molar-refractivity contribution in [1.82, 2.24) is 5.43 Å². The number of furan rings is 1. The lowest BCUT2D eigenvalue weighted by molar-refractivity contribution is 0.0926. The Bertz CT molecular complexity index is 1290. The highest BCUT2D eigenvalue weighted by atomic mass is 32.2. The normalized spacial score (nSPS) is 11.0. The smallest absolute Gasteiger partial charge is 0.307 e. The molecule has 0 aliphatic heterocycles. The van der Waals surface area contributed by atoms with Gasteiger partial charge < -0.3 is 4.42 Å². The number of nitrogens with one attached hydrogen (secondary N) is 1. The molecule has 7 heteroatoms. The van der Waals surface area contributed by atoms with Gasteiger partial charge in [0.15, 0.2) is 15.6 Å². The maximum Gasteiger partial charge on any atom is 0.307 e. The highest BCUT2D eigenvalue weighted by Crippen LogP contribution is 2.20. The third kappa shape index (κ3) is 4.84. The maximum absolute atomic E-state index is 12.8. The number of sulfone groups is 1. The Balaban J connectivity index is 1.59. The van der Waals surface area contributed by atoms with Gasteiger partial charge in [0.1, 0.15) is 0 Å². The molecule has 0 fully saturated rings. The van der Waals surface area contributed by atoms with E-state index in [1.165, 1.54) is 24.5 Å². The number of carbonyl (C=O) groups excluding carboxylic acids is 1. The summed E-state index contributed by atoms with van der Waals surface area (Å²) in [5, 5.41) is 4.32. The van der Waals surface area contributed by atoms with E-state index in [4.69, 9.17) is 4.42 Å². The minimum Gasteiger partial charge on any atom is -0.459 e. The second kappa shape index (κ2) is 9.45. The van der Waals surface area contributed by atoms with Crippen molar-refractivity contribution < 1.29 is 17.6 Å². The molecule has 3 aromatic carbocycles. The van der Waals surface area contributed by atoms with Gasteiger partial charge in [-0.25, -0.2) is 13.8 Å². The SMILES string of the molecule is O=C(NN=C(c1ccccc1)c1ccccc1)c1occc1CS(=O)(=O)c1ccccc1. The Morgan fingerprint density at radius 3 is 1.88 bits per heavy atom. The number of carbonyl (C=O) groups is 1. The Morgan fingerprint density at radius 1 is 0.781 bits per heavy atom. The zero-order valence-electron chi connectivity index (χ0n) is 17.0. The molecule has 32 heavy (non-hydrogen) atoms. The number of nitrogens with zero attached hydrogens (tertiary/aromatic N) is 1. The molecule has 0 spiro atoms. The molecule has 160 valence electrons. The molecule has 0 bridgehead atoms. The van der Waals surface area contributed by atoms with Crippen molar-refractivity contribution in [2.24, 2.45) is 5.10 Å². The van der Waals surface area contributed by atoms with E-state index in [2.05, 4.69) is 10.5 Å². The first kappa shape index (κ1) is 21.3. The van der Waals surface area contributed by atoms with E-state index in [-0.39, 0.29) is 22.0 Å². The topological polar surface area (TPSA) is 88.7 Å². The molecular formula is C25H20N2O4S. The Hall–Kier alpha value is -3.97. The van der Waals surface area contributed by atoms with Crippen molar-refractivity contribution in [2.75, 3.05) is 0 Å². The summed E-state index contributed by atoms with van der Waals surface area (Å²) in [7, 11) is -3.63. The van der Waals surface area contributed by atoms with Gasteiger partial charge in [0.2, 0.25) is 0 Å². The standard InChI is InChI=1S/C25H20N2O4S/c28-25(24-21(16-17-31-24)18-32(29,30)22-14-8-3-9-15-22)27-26-23(19-10-4-1-5-11-19)20-12-6-2-7-13-20/h1-17H,18H2,(H,27,28). The molecule has 0 atom stereocenters. The molecule has 1 heterocycles. The van der Waals surface area contributed by atoms with Crippen LogP contribution >= 0.6 is 0 Å². The highest BCUT2D eigenvalue weighted by Gasteiger charge is 2.22. The zero-order valence-corrected chi connectivity index (χ0v) is 17.8. The summed E-state index contributed by atoms with van der Waals surface area (Å²) in [6.07, 6.45) is 1.30. The van der Waals surface area contributed by atoms with Gasteiger partial charge in [0, 0.05) is 16.7 Å². The van der Waals surface area contributed by atoms with Crippen LogP contribution in [0.15, 0.2) is 118 Å². The Morgan fingerprint density at radius 2 is 1.31 bits per heavy atom. The number of hydrogen-bond donors (Lipinski definition) is 1. The van der Waals surface area contributed by atoms with Crippen LogP contribution in [0.2, 0.25) is 0 Å². The van der Waals surface area contributed by atoms with E-state index in [1.54, 1.807) is 18.2 Å². The summed E-state index contributed by atoms with van der Waals surface area (Å²) in [6.45, 7) is 0. The highest BCUT2D eigenvalue weighted by molar-refractivity contribution is 7.90. The molecule has 1 amide bonds. The van der Waals surface area contributed by atoms with Gasteiger partial charge >= 0.3 is 5.91 Å².